The van der Waals surface area contributed by atoms with Gasteiger partial charge in [-0.2, -0.15) is 0 Å². The zero-order chi connectivity index (χ0) is 12.2. The van der Waals surface area contributed by atoms with Crippen LogP contribution in [-0.4, -0.2) is 22.2 Å². The van der Waals surface area contributed by atoms with Gasteiger partial charge in [0.25, 0.3) is 0 Å². The van der Waals surface area contributed by atoms with Crippen LogP contribution in [0.3, 0.4) is 0 Å². The molecule has 0 aromatic heterocycles. The minimum absolute atomic E-state index is 0.00292. The topological polar surface area (TPSA) is 74.6 Å². The van der Waals surface area contributed by atoms with Gasteiger partial charge in [0, 0.05) is 5.57 Å². The predicted octanol–water partition coefficient (Wildman–Crippen LogP) is 2.30. The van der Waals surface area contributed by atoms with E-state index in [1.54, 1.807) is 20.8 Å². The molecule has 0 atom stereocenters. The van der Waals surface area contributed by atoms with Crippen LogP contribution in [0.15, 0.2) is 11.1 Å². The minimum Gasteiger partial charge on any atom is -0.478 e. The van der Waals surface area contributed by atoms with Crippen molar-refractivity contribution in [2.75, 3.05) is 0 Å². The molecule has 0 aliphatic carbocycles. The third-order valence-electron chi connectivity index (χ3n) is 2.02. The van der Waals surface area contributed by atoms with Crippen LogP contribution in [0.5, 0.6) is 0 Å². The lowest BCUT2D eigenvalue weighted by atomic mass is 9.82. The molecule has 4 heteroatoms. The maximum Gasteiger partial charge on any atom is 0.332 e. The molecule has 0 spiro atoms. The van der Waals surface area contributed by atoms with Crippen LogP contribution in [0.4, 0.5) is 0 Å². The molecular formula is C11H18O4. The van der Waals surface area contributed by atoms with E-state index in [4.69, 9.17) is 10.2 Å². The summed E-state index contributed by atoms with van der Waals surface area (Å²) < 4.78 is 0. The molecule has 0 aromatic carbocycles. The van der Waals surface area contributed by atoms with E-state index in [1.807, 2.05) is 6.92 Å². The Balaban J connectivity index is 5.57. The maximum absolute atomic E-state index is 11.0. The Morgan fingerprint density at radius 2 is 1.53 bits per heavy atom. The van der Waals surface area contributed by atoms with Crippen molar-refractivity contribution < 1.29 is 19.8 Å². The Morgan fingerprint density at radius 3 is 1.73 bits per heavy atom. The highest BCUT2D eigenvalue weighted by molar-refractivity contribution is 5.99. The van der Waals surface area contributed by atoms with Gasteiger partial charge in [-0.25, -0.2) is 9.59 Å². The molecular weight excluding hydrogens is 196 g/mol. The number of hydrogen-bond acceptors (Lipinski definition) is 2. The third kappa shape index (κ3) is 3.73. The number of hydrogen-bond donors (Lipinski definition) is 2. The molecule has 0 unspecified atom stereocenters. The Morgan fingerprint density at radius 1 is 1.07 bits per heavy atom. The molecule has 15 heavy (non-hydrogen) atoms. The predicted molar refractivity (Wildman–Crippen MR) is 56.7 cm³/mol. The number of aliphatic carboxylic acids is 2. The second kappa shape index (κ2) is 4.96. The summed E-state index contributed by atoms with van der Waals surface area (Å²) in [5, 5.41) is 18.0. The van der Waals surface area contributed by atoms with Crippen LogP contribution in [0.25, 0.3) is 0 Å². The molecule has 0 saturated heterocycles. The van der Waals surface area contributed by atoms with E-state index >= 15 is 0 Å². The van der Waals surface area contributed by atoms with Crippen LogP contribution in [0, 0.1) is 5.41 Å². The first-order valence-electron chi connectivity index (χ1n) is 4.92. The molecule has 0 fully saturated rings. The molecule has 0 amide bonds. The van der Waals surface area contributed by atoms with Gasteiger partial charge in [-0.05, 0) is 11.8 Å². The summed E-state index contributed by atoms with van der Waals surface area (Å²) in [6.45, 7) is 6.93. The van der Waals surface area contributed by atoms with Gasteiger partial charge < -0.3 is 10.2 Å². The van der Waals surface area contributed by atoms with Crippen LogP contribution in [0.1, 0.15) is 40.5 Å². The smallest absolute Gasteiger partial charge is 0.332 e. The van der Waals surface area contributed by atoms with E-state index in [2.05, 4.69) is 0 Å². The van der Waals surface area contributed by atoms with Crippen LogP contribution in [-0.2, 0) is 9.59 Å². The minimum atomic E-state index is -1.15. The van der Waals surface area contributed by atoms with Crippen LogP contribution in [0.2, 0.25) is 0 Å². The van der Waals surface area contributed by atoms with E-state index in [9.17, 15) is 9.59 Å². The molecule has 0 radical (unpaired) electrons. The van der Waals surface area contributed by atoms with E-state index in [0.29, 0.717) is 6.42 Å². The average molecular weight is 214 g/mol. The van der Waals surface area contributed by atoms with E-state index in [0.717, 1.165) is 0 Å². The highest BCUT2D eigenvalue weighted by Crippen LogP contribution is 2.30. The normalized spacial score (nSPS) is 13.3. The van der Waals surface area contributed by atoms with Gasteiger partial charge in [0.15, 0.2) is 0 Å². The SMILES string of the molecule is CCC/C(C(=O)O)=C(\C(=O)O)C(C)(C)C. The molecule has 2 N–H and O–H groups in total. The lowest BCUT2D eigenvalue weighted by molar-refractivity contribution is -0.137. The molecule has 0 aliphatic rings. The molecule has 4 nitrogen and oxygen atoms in total. The van der Waals surface area contributed by atoms with Gasteiger partial charge >= 0.3 is 11.9 Å². The lowest BCUT2D eigenvalue weighted by Crippen LogP contribution is -2.22. The Hall–Kier alpha value is -1.32. The number of carboxylic acids is 2. The second-order valence-electron chi connectivity index (χ2n) is 4.46. The van der Waals surface area contributed by atoms with Crippen LogP contribution < -0.4 is 0 Å². The Kier molecular flexibility index (Phi) is 4.52. The third-order valence-corrected chi connectivity index (χ3v) is 2.02. The van der Waals surface area contributed by atoms with Crippen molar-refractivity contribution in [3.05, 3.63) is 11.1 Å². The largest absolute Gasteiger partial charge is 0.478 e. The Bertz CT molecular complexity index is 294. The molecule has 0 heterocycles. The summed E-state index contributed by atoms with van der Waals surface area (Å²) in [5.74, 6) is -2.28. The summed E-state index contributed by atoms with van der Waals surface area (Å²) in [5.41, 5.74) is -0.649. The first-order chi connectivity index (χ1) is 6.71. The fourth-order valence-corrected chi connectivity index (χ4v) is 1.49. The number of rotatable bonds is 4. The van der Waals surface area contributed by atoms with Gasteiger partial charge in [-0.15, -0.1) is 0 Å². The van der Waals surface area contributed by atoms with Crippen molar-refractivity contribution in [2.45, 2.75) is 40.5 Å². The second-order valence-corrected chi connectivity index (χ2v) is 4.46. The highest BCUT2D eigenvalue weighted by Gasteiger charge is 2.29. The molecule has 0 rings (SSSR count). The van der Waals surface area contributed by atoms with Gasteiger partial charge in [0.05, 0.1) is 5.57 Å². The zero-order valence-corrected chi connectivity index (χ0v) is 9.63. The first kappa shape index (κ1) is 13.7. The van der Waals surface area contributed by atoms with E-state index < -0.39 is 17.4 Å². The van der Waals surface area contributed by atoms with Gasteiger partial charge in [0.2, 0.25) is 0 Å². The first-order valence-corrected chi connectivity index (χ1v) is 4.92. The standard InChI is InChI=1S/C11H18O4/c1-5-6-7(9(12)13)8(10(14)15)11(2,3)4/h5-6H2,1-4H3,(H,12,13)(H,14,15)/b8-7-. The van der Waals surface area contributed by atoms with Gasteiger partial charge in [-0.3, -0.25) is 0 Å². The summed E-state index contributed by atoms with van der Waals surface area (Å²) >= 11 is 0. The summed E-state index contributed by atoms with van der Waals surface area (Å²) in [7, 11) is 0. The summed E-state index contributed by atoms with van der Waals surface area (Å²) in [4.78, 5) is 22.0. The zero-order valence-electron chi connectivity index (χ0n) is 9.63. The van der Waals surface area contributed by atoms with Crippen molar-refractivity contribution in [3.63, 3.8) is 0 Å². The van der Waals surface area contributed by atoms with Crippen molar-refractivity contribution >= 4 is 11.9 Å². The van der Waals surface area contributed by atoms with E-state index in [1.165, 1.54) is 0 Å². The van der Waals surface area contributed by atoms with E-state index in [-0.39, 0.29) is 17.6 Å². The van der Waals surface area contributed by atoms with Crippen LogP contribution >= 0.6 is 0 Å². The van der Waals surface area contributed by atoms with Gasteiger partial charge in [-0.1, -0.05) is 34.1 Å². The monoisotopic (exact) mass is 214 g/mol. The summed E-state index contributed by atoms with van der Waals surface area (Å²) in [6, 6.07) is 0. The number of carboxylic acid groups (broad SMARTS) is 2. The van der Waals surface area contributed by atoms with Crippen molar-refractivity contribution in [1.29, 1.82) is 0 Å². The molecule has 86 valence electrons. The molecule has 0 saturated carbocycles. The lowest BCUT2D eigenvalue weighted by Gasteiger charge is -2.21. The van der Waals surface area contributed by atoms with Crippen molar-refractivity contribution in [1.82, 2.24) is 0 Å². The average Bonchev–Trinajstić information content (AvgIpc) is 1.99. The highest BCUT2D eigenvalue weighted by atomic mass is 16.4. The Labute approximate surface area is 89.6 Å². The fourth-order valence-electron chi connectivity index (χ4n) is 1.49. The summed E-state index contributed by atoms with van der Waals surface area (Å²) in [6.07, 6.45) is 0.905. The molecule has 0 bridgehead atoms. The molecule has 0 aromatic rings. The van der Waals surface area contributed by atoms with Crippen molar-refractivity contribution in [2.24, 2.45) is 5.41 Å². The van der Waals surface area contributed by atoms with Crippen molar-refractivity contribution in [3.8, 4) is 0 Å². The quantitative estimate of drug-likeness (QED) is 0.704. The van der Waals surface area contributed by atoms with Gasteiger partial charge in [0.1, 0.15) is 0 Å². The molecule has 0 aliphatic heterocycles. The number of carbonyl (C=O) groups is 2. The fraction of sp³-hybridized carbons (Fsp3) is 0.636. The maximum atomic E-state index is 11.0.